The first-order chi connectivity index (χ1) is 12.0. The number of rotatable bonds is 4. The first-order valence-corrected chi connectivity index (χ1v) is 8.60. The second-order valence-electron chi connectivity index (χ2n) is 7.85. The van der Waals surface area contributed by atoms with Crippen LogP contribution in [0.3, 0.4) is 0 Å². The van der Waals surface area contributed by atoms with Crippen LogP contribution < -0.4 is 10.1 Å². The van der Waals surface area contributed by atoms with Crippen LogP contribution in [0.5, 0.6) is 5.75 Å². The predicted molar refractivity (Wildman–Crippen MR) is 92.0 cm³/mol. The van der Waals surface area contributed by atoms with Gasteiger partial charge in [-0.15, -0.1) is 13.2 Å². The maximum absolute atomic E-state index is 12.8. The van der Waals surface area contributed by atoms with E-state index in [2.05, 4.69) is 15.0 Å². The first kappa shape index (κ1) is 18.5. The standard InChI is InChI=1S/C18H22F3N3O2/c1-17(2,3)10-14(25)23-16-22-12-8-5-9-13(26-18(19,20)21)15(12)24(16)11-6-4-7-11/h5,8-9,11H,4,6-7,10H2,1-3H3,(H,22,23,25). The molecule has 0 aliphatic heterocycles. The Balaban J connectivity index is 2.03. The van der Waals surface area contributed by atoms with Gasteiger partial charge in [-0.1, -0.05) is 26.8 Å². The number of aromatic nitrogens is 2. The summed E-state index contributed by atoms with van der Waals surface area (Å²) in [7, 11) is 0. The Kier molecular flexibility index (Phi) is 4.62. The van der Waals surface area contributed by atoms with Crippen LogP contribution in [0.25, 0.3) is 11.0 Å². The fraction of sp³-hybridized carbons (Fsp3) is 0.556. The number of nitrogens with one attached hydrogen (secondary N) is 1. The molecule has 5 nitrogen and oxygen atoms in total. The smallest absolute Gasteiger partial charge is 0.403 e. The molecule has 1 fully saturated rings. The number of carbonyl (C=O) groups is 1. The molecule has 2 aromatic rings. The average molecular weight is 369 g/mol. The molecule has 0 spiro atoms. The van der Waals surface area contributed by atoms with Crippen molar-refractivity contribution in [2.45, 2.75) is 58.9 Å². The number of hydrogen-bond acceptors (Lipinski definition) is 3. The van der Waals surface area contributed by atoms with E-state index in [1.807, 2.05) is 20.8 Å². The minimum atomic E-state index is -4.79. The second-order valence-corrected chi connectivity index (χ2v) is 7.85. The zero-order valence-corrected chi connectivity index (χ0v) is 15.0. The third-order valence-corrected chi connectivity index (χ3v) is 4.28. The Morgan fingerprint density at radius 3 is 2.54 bits per heavy atom. The minimum absolute atomic E-state index is 0.00270. The highest BCUT2D eigenvalue weighted by atomic mass is 19.4. The van der Waals surface area contributed by atoms with E-state index in [9.17, 15) is 18.0 Å². The molecule has 1 amide bonds. The molecule has 1 aliphatic rings. The summed E-state index contributed by atoms with van der Waals surface area (Å²) >= 11 is 0. The van der Waals surface area contributed by atoms with E-state index in [1.165, 1.54) is 12.1 Å². The molecule has 0 saturated heterocycles. The van der Waals surface area contributed by atoms with E-state index in [0.717, 1.165) is 19.3 Å². The normalized spacial score (nSPS) is 15.8. The molecule has 8 heteroatoms. The Labute approximate surface area is 149 Å². The number of halogens is 3. The highest BCUT2D eigenvalue weighted by molar-refractivity contribution is 5.93. The molecule has 1 N–H and O–H groups in total. The third-order valence-electron chi connectivity index (χ3n) is 4.28. The van der Waals surface area contributed by atoms with Crippen molar-refractivity contribution in [3.63, 3.8) is 0 Å². The quantitative estimate of drug-likeness (QED) is 0.822. The van der Waals surface area contributed by atoms with E-state index in [1.54, 1.807) is 10.6 Å². The van der Waals surface area contributed by atoms with Crippen LogP contribution in [-0.2, 0) is 4.79 Å². The Morgan fingerprint density at radius 2 is 2.00 bits per heavy atom. The summed E-state index contributed by atoms with van der Waals surface area (Å²) in [5.74, 6) is -0.241. The number of alkyl halides is 3. The molecule has 1 heterocycles. The van der Waals surface area contributed by atoms with Crippen molar-refractivity contribution in [2.24, 2.45) is 5.41 Å². The van der Waals surface area contributed by atoms with Crippen LogP contribution in [0.1, 0.15) is 52.5 Å². The molecular weight excluding hydrogens is 347 g/mol. The van der Waals surface area contributed by atoms with E-state index in [4.69, 9.17) is 0 Å². The fourth-order valence-electron chi connectivity index (χ4n) is 3.06. The zero-order valence-electron chi connectivity index (χ0n) is 15.0. The van der Waals surface area contributed by atoms with E-state index in [-0.39, 0.29) is 41.0 Å². The second kappa shape index (κ2) is 6.48. The van der Waals surface area contributed by atoms with Crippen LogP contribution in [0.4, 0.5) is 19.1 Å². The van der Waals surface area contributed by atoms with Crippen molar-refractivity contribution in [3.8, 4) is 5.75 Å². The van der Waals surface area contributed by atoms with E-state index >= 15 is 0 Å². The van der Waals surface area contributed by atoms with E-state index in [0.29, 0.717) is 5.52 Å². The molecule has 142 valence electrons. The lowest BCUT2D eigenvalue weighted by Crippen LogP contribution is -2.25. The molecule has 1 saturated carbocycles. The molecule has 3 rings (SSSR count). The van der Waals surface area contributed by atoms with Gasteiger partial charge < -0.3 is 9.30 Å². The summed E-state index contributed by atoms with van der Waals surface area (Å²) in [6.45, 7) is 5.82. The summed E-state index contributed by atoms with van der Waals surface area (Å²) in [6, 6.07) is 4.35. The van der Waals surface area contributed by atoms with Gasteiger partial charge in [0.2, 0.25) is 11.9 Å². The average Bonchev–Trinajstić information content (AvgIpc) is 2.72. The van der Waals surface area contributed by atoms with Gasteiger partial charge in [-0.05, 0) is 36.8 Å². The van der Waals surface area contributed by atoms with Crippen molar-refractivity contribution in [1.29, 1.82) is 0 Å². The van der Waals surface area contributed by atoms with Crippen molar-refractivity contribution >= 4 is 22.9 Å². The lowest BCUT2D eigenvalue weighted by atomic mass is 9.92. The summed E-state index contributed by atoms with van der Waals surface area (Å²) in [4.78, 5) is 16.7. The summed E-state index contributed by atoms with van der Waals surface area (Å²) in [5, 5.41) is 2.77. The molecular formula is C18H22F3N3O2. The number of para-hydroxylation sites is 1. The van der Waals surface area contributed by atoms with Gasteiger partial charge in [-0.2, -0.15) is 0 Å². The van der Waals surface area contributed by atoms with Crippen LogP contribution in [-0.4, -0.2) is 21.8 Å². The topological polar surface area (TPSA) is 56.1 Å². The molecule has 0 radical (unpaired) electrons. The lowest BCUT2D eigenvalue weighted by molar-refractivity contribution is -0.274. The van der Waals surface area contributed by atoms with Crippen LogP contribution >= 0.6 is 0 Å². The fourth-order valence-corrected chi connectivity index (χ4v) is 3.06. The maximum atomic E-state index is 12.8. The number of nitrogens with zero attached hydrogens (tertiary/aromatic N) is 2. The van der Waals surface area contributed by atoms with Crippen molar-refractivity contribution in [2.75, 3.05) is 5.32 Å². The summed E-state index contributed by atoms with van der Waals surface area (Å²) in [6.07, 6.45) is -1.87. The molecule has 0 bridgehead atoms. The number of ether oxygens (including phenoxy) is 1. The molecule has 1 aliphatic carbocycles. The van der Waals surface area contributed by atoms with Crippen LogP contribution in [0, 0.1) is 5.41 Å². The van der Waals surface area contributed by atoms with Crippen molar-refractivity contribution < 1.29 is 22.7 Å². The number of fused-ring (bicyclic) bond motifs is 1. The number of imidazole rings is 1. The highest BCUT2D eigenvalue weighted by Crippen LogP contribution is 2.41. The number of benzene rings is 1. The molecule has 1 aromatic carbocycles. The molecule has 0 atom stereocenters. The lowest BCUT2D eigenvalue weighted by Gasteiger charge is -2.29. The zero-order chi connectivity index (χ0) is 19.1. The molecule has 0 unspecified atom stereocenters. The largest absolute Gasteiger partial charge is 0.573 e. The Hall–Kier alpha value is -2.25. The number of hydrogen-bond donors (Lipinski definition) is 1. The van der Waals surface area contributed by atoms with Gasteiger partial charge in [0.05, 0.1) is 5.52 Å². The molecule has 26 heavy (non-hydrogen) atoms. The number of anilines is 1. The Morgan fingerprint density at radius 1 is 1.31 bits per heavy atom. The predicted octanol–water partition coefficient (Wildman–Crippen LogP) is 5.03. The summed E-state index contributed by atoms with van der Waals surface area (Å²) in [5.41, 5.74) is 0.424. The van der Waals surface area contributed by atoms with Gasteiger partial charge in [0, 0.05) is 12.5 Å². The minimum Gasteiger partial charge on any atom is -0.403 e. The monoisotopic (exact) mass is 369 g/mol. The third kappa shape index (κ3) is 4.11. The van der Waals surface area contributed by atoms with Gasteiger partial charge >= 0.3 is 6.36 Å². The summed E-state index contributed by atoms with van der Waals surface area (Å²) < 4.78 is 44.2. The van der Waals surface area contributed by atoms with Gasteiger partial charge in [0.15, 0.2) is 5.75 Å². The SMILES string of the molecule is CC(C)(C)CC(=O)Nc1nc2cccc(OC(F)(F)F)c2n1C1CCC1. The van der Waals surface area contributed by atoms with E-state index < -0.39 is 6.36 Å². The van der Waals surface area contributed by atoms with Gasteiger partial charge in [-0.25, -0.2) is 4.98 Å². The number of amides is 1. The van der Waals surface area contributed by atoms with Gasteiger partial charge in [-0.3, -0.25) is 10.1 Å². The maximum Gasteiger partial charge on any atom is 0.573 e. The van der Waals surface area contributed by atoms with Gasteiger partial charge in [0.25, 0.3) is 0 Å². The van der Waals surface area contributed by atoms with Crippen LogP contribution in [0.2, 0.25) is 0 Å². The molecule has 1 aromatic heterocycles. The van der Waals surface area contributed by atoms with Gasteiger partial charge in [0.1, 0.15) is 5.52 Å². The Bertz CT molecular complexity index is 817. The van der Waals surface area contributed by atoms with Crippen molar-refractivity contribution in [1.82, 2.24) is 9.55 Å². The number of carbonyl (C=O) groups excluding carboxylic acids is 1. The highest BCUT2D eigenvalue weighted by Gasteiger charge is 2.34. The van der Waals surface area contributed by atoms with Crippen LogP contribution in [0.15, 0.2) is 18.2 Å². The first-order valence-electron chi connectivity index (χ1n) is 8.60. The van der Waals surface area contributed by atoms with Crippen molar-refractivity contribution in [3.05, 3.63) is 18.2 Å².